The molecular formula is C26H16N2Na2O9S2. The summed E-state index contributed by atoms with van der Waals surface area (Å²) in [7, 11) is -10.3. The Kier molecular flexibility index (Phi) is 9.93. The predicted molar refractivity (Wildman–Crippen MR) is 136 cm³/mol. The van der Waals surface area contributed by atoms with Gasteiger partial charge in [0.25, 0.3) is 0 Å². The van der Waals surface area contributed by atoms with Gasteiger partial charge >= 0.3 is 59.1 Å². The number of nitrogen functional groups attached to an aromatic ring is 1. The summed E-state index contributed by atoms with van der Waals surface area (Å²) >= 11 is 0. The van der Waals surface area contributed by atoms with Crippen LogP contribution in [0.5, 0.6) is 11.5 Å². The molecule has 11 nitrogen and oxygen atoms in total. The van der Waals surface area contributed by atoms with E-state index in [0.717, 1.165) is 12.1 Å². The van der Waals surface area contributed by atoms with Crippen LogP contribution in [0.1, 0.15) is 31.8 Å². The molecule has 0 saturated heterocycles. The number of ether oxygens (including phenoxy) is 1. The zero-order valence-corrected chi connectivity index (χ0v) is 27.2. The topological polar surface area (TPSA) is 196 Å². The number of nitrogens with two attached hydrogens (primary N) is 1. The number of nitrogens with one attached hydrogen (secondary N) is 1. The molecule has 0 amide bonds. The van der Waals surface area contributed by atoms with Gasteiger partial charge in [0.15, 0.2) is 11.6 Å². The molecule has 0 radical (unpaired) electrons. The first-order chi connectivity index (χ1) is 18.4. The molecule has 0 heterocycles. The molecule has 4 aromatic rings. The molecule has 5 rings (SSSR count). The molecule has 198 valence electrons. The Morgan fingerprint density at radius 2 is 1.22 bits per heavy atom. The molecular weight excluding hydrogens is 594 g/mol. The van der Waals surface area contributed by atoms with Gasteiger partial charge in [-0.25, -0.2) is 16.8 Å². The maximum atomic E-state index is 13.4. The summed E-state index contributed by atoms with van der Waals surface area (Å²) in [5.74, 6) is -1.50. The van der Waals surface area contributed by atoms with Crippen LogP contribution in [0, 0.1) is 0 Å². The van der Waals surface area contributed by atoms with Gasteiger partial charge in [-0.2, -0.15) is 0 Å². The standard InChI is InChI=1S/C26H18N2O9S2.2Na/c27-24-21(39(34,35)36)13-18(22-23(24)26(30)17-9-5-4-8-16(17)25(22)29)28-14-10-11-19(20(12-14)38(31,32)33)37-15-6-2-1-3-7-15;;/h1-13,28H,27H2,(H,31,32,33)(H,34,35,36);;/q;2*+1/p-2. The van der Waals surface area contributed by atoms with E-state index in [4.69, 9.17) is 10.5 Å². The number of anilines is 3. The minimum Gasteiger partial charge on any atom is -0.744 e. The van der Waals surface area contributed by atoms with E-state index in [1.807, 2.05) is 0 Å². The SMILES string of the molecule is Nc1c(S(=O)(=O)[O-])cc(Nc2ccc(Oc3ccccc3)c(S(=O)(=O)[O-])c2)c2c1C(=O)c1ccccc1C2=O.[Na+].[Na+]. The molecule has 1 aliphatic carbocycles. The van der Waals surface area contributed by atoms with Crippen molar-refractivity contribution >= 4 is 48.9 Å². The average Bonchev–Trinajstić information content (AvgIpc) is 2.88. The quantitative estimate of drug-likeness (QED) is 0.116. The summed E-state index contributed by atoms with van der Waals surface area (Å²) in [4.78, 5) is 25.0. The summed E-state index contributed by atoms with van der Waals surface area (Å²) in [6.45, 7) is 0. The second kappa shape index (κ2) is 12.4. The molecule has 4 aromatic carbocycles. The van der Waals surface area contributed by atoms with E-state index in [1.54, 1.807) is 30.3 Å². The Bertz CT molecular complexity index is 1920. The van der Waals surface area contributed by atoms with Gasteiger partial charge in [0.05, 0.1) is 32.3 Å². The summed E-state index contributed by atoms with van der Waals surface area (Å²) in [5, 5.41) is 2.67. The Labute approximate surface area is 279 Å². The van der Waals surface area contributed by atoms with Gasteiger partial charge in [-0.3, -0.25) is 9.59 Å². The molecule has 0 fully saturated rings. The van der Waals surface area contributed by atoms with Gasteiger partial charge in [0.2, 0.25) is 0 Å². The van der Waals surface area contributed by atoms with Gasteiger partial charge in [0.1, 0.15) is 31.7 Å². The van der Waals surface area contributed by atoms with Crippen molar-refractivity contribution in [1.82, 2.24) is 0 Å². The largest absolute Gasteiger partial charge is 1.00 e. The van der Waals surface area contributed by atoms with E-state index in [9.17, 15) is 35.5 Å². The van der Waals surface area contributed by atoms with Crippen LogP contribution < -0.4 is 74.9 Å². The second-order valence-electron chi connectivity index (χ2n) is 8.40. The Morgan fingerprint density at radius 3 is 1.78 bits per heavy atom. The number of benzene rings is 4. The van der Waals surface area contributed by atoms with Gasteiger partial charge in [0, 0.05) is 16.8 Å². The molecule has 0 atom stereocenters. The van der Waals surface area contributed by atoms with E-state index in [-0.39, 0.29) is 98.7 Å². The van der Waals surface area contributed by atoms with Crippen LogP contribution in [-0.4, -0.2) is 37.5 Å². The third-order valence-electron chi connectivity index (χ3n) is 5.93. The van der Waals surface area contributed by atoms with Gasteiger partial charge in [-0.05, 0) is 36.4 Å². The van der Waals surface area contributed by atoms with Gasteiger partial charge in [-0.15, -0.1) is 0 Å². The van der Waals surface area contributed by atoms with E-state index < -0.39 is 52.8 Å². The molecule has 3 N–H and O–H groups in total. The molecule has 0 aromatic heterocycles. The fourth-order valence-corrected chi connectivity index (χ4v) is 5.50. The fourth-order valence-electron chi connectivity index (χ4n) is 4.24. The fraction of sp³-hybridized carbons (Fsp3) is 0. The van der Waals surface area contributed by atoms with E-state index in [0.29, 0.717) is 0 Å². The monoisotopic (exact) mass is 610 g/mol. The Morgan fingerprint density at radius 1 is 0.683 bits per heavy atom. The van der Waals surface area contributed by atoms with Crippen LogP contribution in [-0.2, 0) is 20.2 Å². The predicted octanol–water partition coefficient (Wildman–Crippen LogP) is -2.60. The van der Waals surface area contributed by atoms with Crippen LogP contribution in [0.2, 0.25) is 0 Å². The number of para-hydroxylation sites is 1. The van der Waals surface area contributed by atoms with Crippen LogP contribution >= 0.6 is 0 Å². The number of hydrogen-bond donors (Lipinski definition) is 2. The zero-order valence-electron chi connectivity index (χ0n) is 21.6. The number of carbonyl (C=O) groups excluding carboxylic acids is 2. The van der Waals surface area contributed by atoms with Crippen LogP contribution in [0.4, 0.5) is 17.1 Å². The Hall–Kier alpha value is -2.56. The van der Waals surface area contributed by atoms with Gasteiger partial charge < -0.3 is 24.9 Å². The maximum absolute atomic E-state index is 13.4. The van der Waals surface area contributed by atoms with Crippen molar-refractivity contribution in [2.75, 3.05) is 11.1 Å². The molecule has 41 heavy (non-hydrogen) atoms. The molecule has 0 unspecified atom stereocenters. The summed E-state index contributed by atoms with van der Waals surface area (Å²) < 4.78 is 77.6. The zero-order chi connectivity index (χ0) is 28.1. The van der Waals surface area contributed by atoms with E-state index in [2.05, 4.69) is 5.32 Å². The Balaban J connectivity index is 0.00000231. The number of carbonyl (C=O) groups is 2. The third-order valence-corrected chi connectivity index (χ3v) is 7.67. The van der Waals surface area contributed by atoms with E-state index in [1.165, 1.54) is 36.4 Å². The van der Waals surface area contributed by atoms with Crippen molar-refractivity contribution in [3.63, 3.8) is 0 Å². The van der Waals surface area contributed by atoms with Crippen LogP contribution in [0.15, 0.2) is 88.7 Å². The normalized spacial score (nSPS) is 12.3. The first-order valence-corrected chi connectivity index (χ1v) is 13.9. The molecule has 0 spiro atoms. The summed E-state index contributed by atoms with van der Waals surface area (Å²) in [5.41, 5.74) is 4.01. The molecule has 0 bridgehead atoms. The number of fused-ring (bicyclic) bond motifs is 2. The number of ketones is 2. The summed E-state index contributed by atoms with van der Waals surface area (Å²) in [6, 6.07) is 18.0. The number of hydrogen-bond acceptors (Lipinski definition) is 11. The third kappa shape index (κ3) is 6.44. The number of rotatable bonds is 6. The molecule has 15 heteroatoms. The van der Waals surface area contributed by atoms with Gasteiger partial charge in [-0.1, -0.05) is 42.5 Å². The van der Waals surface area contributed by atoms with Crippen LogP contribution in [0.25, 0.3) is 0 Å². The summed E-state index contributed by atoms with van der Waals surface area (Å²) in [6.07, 6.45) is 0. The van der Waals surface area contributed by atoms with Crippen molar-refractivity contribution < 1.29 is 99.4 Å². The maximum Gasteiger partial charge on any atom is 1.00 e. The van der Waals surface area contributed by atoms with Crippen molar-refractivity contribution in [2.45, 2.75) is 9.79 Å². The molecule has 1 aliphatic rings. The van der Waals surface area contributed by atoms with Crippen molar-refractivity contribution in [2.24, 2.45) is 0 Å². The van der Waals surface area contributed by atoms with Crippen molar-refractivity contribution in [3.05, 3.63) is 101 Å². The average molecular weight is 611 g/mol. The smallest absolute Gasteiger partial charge is 0.744 e. The van der Waals surface area contributed by atoms with Crippen LogP contribution in [0.3, 0.4) is 0 Å². The molecule has 0 saturated carbocycles. The van der Waals surface area contributed by atoms with Crippen molar-refractivity contribution in [1.29, 1.82) is 0 Å². The molecule has 0 aliphatic heterocycles. The second-order valence-corrected chi connectivity index (χ2v) is 11.1. The first-order valence-electron chi connectivity index (χ1n) is 11.1. The van der Waals surface area contributed by atoms with E-state index >= 15 is 0 Å². The first kappa shape index (κ1) is 32.9. The van der Waals surface area contributed by atoms with Crippen molar-refractivity contribution in [3.8, 4) is 11.5 Å². The minimum absolute atomic E-state index is 0. The minimum atomic E-state index is -5.22.